The van der Waals surface area contributed by atoms with E-state index in [-0.39, 0.29) is 5.91 Å². The second kappa shape index (κ2) is 3.74. The van der Waals surface area contributed by atoms with Crippen LogP contribution in [0.25, 0.3) is 0 Å². The van der Waals surface area contributed by atoms with Crippen molar-refractivity contribution in [2.24, 2.45) is 0 Å². The number of hydrogen-bond donors (Lipinski definition) is 0. The highest BCUT2D eigenvalue weighted by molar-refractivity contribution is 5.94. The topological polar surface area (TPSA) is 33.2 Å². The van der Waals surface area contributed by atoms with Gasteiger partial charge in [0.25, 0.3) is 5.91 Å². The van der Waals surface area contributed by atoms with E-state index < -0.39 is 0 Å². The molecule has 0 radical (unpaired) electrons. The molecule has 1 saturated heterocycles. The minimum atomic E-state index is 0.130. The Bertz CT molecular complexity index is 427. The van der Waals surface area contributed by atoms with Crippen LogP contribution in [0.3, 0.4) is 0 Å². The quantitative estimate of drug-likeness (QED) is 0.670. The van der Waals surface area contributed by atoms with Crippen LogP contribution >= 0.6 is 0 Å². The zero-order chi connectivity index (χ0) is 11.0. The van der Waals surface area contributed by atoms with Gasteiger partial charge in [-0.15, -0.1) is 0 Å². The Labute approximate surface area is 94.8 Å². The van der Waals surface area contributed by atoms with Gasteiger partial charge in [-0.3, -0.25) is 9.78 Å². The molecule has 0 spiro atoms. The standard InChI is InChI=1S/C13H14N2O/c16-13(10-3-2-8-14-9-10)15-11-4-1-5-12(15)7-6-11/h1-4,8-9,11-12H,5-7H2/t11-,12-/m0/s1. The van der Waals surface area contributed by atoms with E-state index in [1.54, 1.807) is 12.4 Å². The molecule has 1 amide bonds. The summed E-state index contributed by atoms with van der Waals surface area (Å²) in [5.74, 6) is 0.130. The van der Waals surface area contributed by atoms with Crippen molar-refractivity contribution in [2.75, 3.05) is 0 Å². The molecule has 2 aliphatic rings. The second-order valence-electron chi connectivity index (χ2n) is 4.42. The first-order valence-electron chi connectivity index (χ1n) is 5.75. The first kappa shape index (κ1) is 9.58. The molecule has 16 heavy (non-hydrogen) atoms. The summed E-state index contributed by atoms with van der Waals surface area (Å²) in [4.78, 5) is 18.3. The van der Waals surface area contributed by atoms with Crippen LogP contribution in [0.15, 0.2) is 36.7 Å². The molecule has 1 fully saturated rings. The van der Waals surface area contributed by atoms with Crippen LogP contribution in [-0.4, -0.2) is 27.9 Å². The van der Waals surface area contributed by atoms with E-state index in [4.69, 9.17) is 0 Å². The van der Waals surface area contributed by atoms with Gasteiger partial charge >= 0.3 is 0 Å². The molecule has 0 N–H and O–H groups in total. The van der Waals surface area contributed by atoms with Gasteiger partial charge in [-0.1, -0.05) is 12.2 Å². The lowest BCUT2D eigenvalue weighted by atomic mass is 10.1. The summed E-state index contributed by atoms with van der Waals surface area (Å²) in [6.45, 7) is 0. The van der Waals surface area contributed by atoms with Crippen LogP contribution in [0.1, 0.15) is 29.6 Å². The third-order valence-electron chi connectivity index (χ3n) is 3.46. The fourth-order valence-corrected chi connectivity index (χ4v) is 2.68. The summed E-state index contributed by atoms with van der Waals surface area (Å²) in [5.41, 5.74) is 0.703. The van der Waals surface area contributed by atoms with Gasteiger partial charge in [-0.05, 0) is 31.4 Å². The van der Waals surface area contributed by atoms with Crippen molar-refractivity contribution in [2.45, 2.75) is 31.3 Å². The molecular formula is C13H14N2O. The molecule has 2 atom stereocenters. The molecule has 2 bridgehead atoms. The van der Waals surface area contributed by atoms with Crippen LogP contribution in [-0.2, 0) is 0 Å². The molecule has 0 unspecified atom stereocenters. The van der Waals surface area contributed by atoms with E-state index in [2.05, 4.69) is 17.1 Å². The van der Waals surface area contributed by atoms with Crippen molar-refractivity contribution in [3.05, 3.63) is 42.2 Å². The maximum atomic E-state index is 12.3. The van der Waals surface area contributed by atoms with Crippen LogP contribution in [0.5, 0.6) is 0 Å². The van der Waals surface area contributed by atoms with E-state index in [0.717, 1.165) is 19.3 Å². The maximum Gasteiger partial charge on any atom is 0.256 e. The minimum absolute atomic E-state index is 0.130. The number of pyridine rings is 1. The number of nitrogens with zero attached hydrogens (tertiary/aromatic N) is 2. The summed E-state index contributed by atoms with van der Waals surface area (Å²) in [6.07, 6.45) is 11.0. The molecule has 3 nitrogen and oxygen atoms in total. The molecule has 0 aliphatic carbocycles. The number of aromatic nitrogens is 1. The average molecular weight is 214 g/mol. The second-order valence-corrected chi connectivity index (χ2v) is 4.42. The van der Waals surface area contributed by atoms with Crippen LogP contribution in [0, 0.1) is 0 Å². The number of carbonyl (C=O) groups is 1. The van der Waals surface area contributed by atoms with Crippen molar-refractivity contribution >= 4 is 5.91 Å². The highest BCUT2D eigenvalue weighted by Crippen LogP contribution is 2.32. The highest BCUT2D eigenvalue weighted by Gasteiger charge is 2.37. The van der Waals surface area contributed by atoms with Gasteiger partial charge in [-0.25, -0.2) is 0 Å². The lowest BCUT2D eigenvalue weighted by Crippen LogP contribution is -2.42. The first-order chi connectivity index (χ1) is 7.86. The Hall–Kier alpha value is -1.64. The maximum absolute atomic E-state index is 12.3. The number of fused-ring (bicyclic) bond motifs is 2. The predicted octanol–water partition coefficient (Wildman–Crippen LogP) is 2.01. The highest BCUT2D eigenvalue weighted by atomic mass is 16.2. The van der Waals surface area contributed by atoms with E-state index in [1.807, 2.05) is 17.0 Å². The van der Waals surface area contributed by atoms with Crippen molar-refractivity contribution in [1.82, 2.24) is 9.88 Å². The Morgan fingerprint density at radius 2 is 2.38 bits per heavy atom. The van der Waals surface area contributed by atoms with Gasteiger partial charge < -0.3 is 4.90 Å². The van der Waals surface area contributed by atoms with Crippen molar-refractivity contribution in [3.8, 4) is 0 Å². The van der Waals surface area contributed by atoms with E-state index in [0.29, 0.717) is 17.6 Å². The molecular weight excluding hydrogens is 200 g/mol. The Morgan fingerprint density at radius 1 is 1.44 bits per heavy atom. The molecule has 0 aromatic carbocycles. The molecule has 1 aromatic heterocycles. The van der Waals surface area contributed by atoms with Gasteiger partial charge in [0.15, 0.2) is 0 Å². The van der Waals surface area contributed by atoms with Gasteiger partial charge in [-0.2, -0.15) is 0 Å². The Balaban J connectivity index is 1.89. The summed E-state index contributed by atoms with van der Waals surface area (Å²) in [7, 11) is 0. The summed E-state index contributed by atoms with van der Waals surface area (Å²) in [6, 6.07) is 4.37. The van der Waals surface area contributed by atoms with Gasteiger partial charge in [0, 0.05) is 18.4 Å². The summed E-state index contributed by atoms with van der Waals surface area (Å²) >= 11 is 0. The predicted molar refractivity (Wildman–Crippen MR) is 61.0 cm³/mol. The van der Waals surface area contributed by atoms with Crippen molar-refractivity contribution in [1.29, 1.82) is 0 Å². The van der Waals surface area contributed by atoms with Crippen LogP contribution < -0.4 is 0 Å². The lowest BCUT2D eigenvalue weighted by molar-refractivity contribution is 0.0688. The van der Waals surface area contributed by atoms with Gasteiger partial charge in [0.1, 0.15) is 0 Å². The first-order valence-corrected chi connectivity index (χ1v) is 5.75. The largest absolute Gasteiger partial charge is 0.329 e. The molecule has 3 heterocycles. The molecule has 2 aliphatic heterocycles. The fraction of sp³-hybridized carbons (Fsp3) is 0.385. The van der Waals surface area contributed by atoms with E-state index in [1.165, 1.54) is 0 Å². The number of hydrogen-bond acceptors (Lipinski definition) is 2. The van der Waals surface area contributed by atoms with Gasteiger partial charge in [0.05, 0.1) is 11.6 Å². The van der Waals surface area contributed by atoms with Crippen molar-refractivity contribution < 1.29 is 4.79 Å². The number of carbonyl (C=O) groups excluding carboxylic acids is 1. The fourth-order valence-electron chi connectivity index (χ4n) is 2.68. The SMILES string of the molecule is O=C(c1cccnc1)N1[C@H]2CC=C[C@H]1CC2. The van der Waals surface area contributed by atoms with Crippen LogP contribution in [0.4, 0.5) is 0 Å². The minimum Gasteiger partial charge on any atom is -0.329 e. The van der Waals surface area contributed by atoms with Crippen LogP contribution in [0.2, 0.25) is 0 Å². The smallest absolute Gasteiger partial charge is 0.256 e. The van der Waals surface area contributed by atoms with Crippen molar-refractivity contribution in [3.63, 3.8) is 0 Å². The van der Waals surface area contributed by atoms with E-state index in [9.17, 15) is 4.79 Å². The monoisotopic (exact) mass is 214 g/mol. The number of rotatable bonds is 1. The van der Waals surface area contributed by atoms with E-state index >= 15 is 0 Å². The van der Waals surface area contributed by atoms with Gasteiger partial charge in [0.2, 0.25) is 0 Å². The Kier molecular flexibility index (Phi) is 2.24. The lowest BCUT2D eigenvalue weighted by Gasteiger charge is -2.31. The third kappa shape index (κ3) is 1.43. The third-order valence-corrected chi connectivity index (χ3v) is 3.46. The normalized spacial score (nSPS) is 27.1. The summed E-state index contributed by atoms with van der Waals surface area (Å²) < 4.78 is 0. The molecule has 3 rings (SSSR count). The molecule has 82 valence electrons. The zero-order valence-electron chi connectivity index (χ0n) is 9.04. The molecule has 0 saturated carbocycles. The summed E-state index contributed by atoms with van der Waals surface area (Å²) in [5, 5.41) is 0. The average Bonchev–Trinajstić information content (AvgIpc) is 2.59. The zero-order valence-corrected chi connectivity index (χ0v) is 9.04. The Morgan fingerprint density at radius 3 is 3.12 bits per heavy atom. The number of amides is 1. The molecule has 3 heteroatoms. The molecule has 1 aromatic rings.